The first kappa shape index (κ1) is 25.3. The molecule has 1 saturated heterocycles. The highest BCUT2D eigenvalue weighted by molar-refractivity contribution is 5.84. The van der Waals surface area contributed by atoms with Crippen molar-refractivity contribution in [1.29, 1.82) is 0 Å². The molecule has 2 fully saturated rings. The van der Waals surface area contributed by atoms with E-state index < -0.39 is 23.6 Å². The average Bonchev–Trinajstić information content (AvgIpc) is 3.50. The fraction of sp³-hybridized carbons (Fsp3) is 0.692. The van der Waals surface area contributed by atoms with Crippen LogP contribution in [0.4, 0.5) is 0 Å². The van der Waals surface area contributed by atoms with Crippen molar-refractivity contribution in [3.63, 3.8) is 0 Å². The summed E-state index contributed by atoms with van der Waals surface area (Å²) in [5.41, 5.74) is 0.435. The number of carbonyl (C=O) groups is 2. The lowest BCUT2D eigenvalue weighted by molar-refractivity contribution is -0.159. The summed E-state index contributed by atoms with van der Waals surface area (Å²) in [5.74, 6) is 1.41. The van der Waals surface area contributed by atoms with Gasteiger partial charge in [-0.05, 0) is 55.7 Å². The Kier molecular flexibility index (Phi) is 7.93. The maximum atomic E-state index is 13.4. The quantitative estimate of drug-likeness (QED) is 0.534. The molecule has 0 aromatic heterocycles. The normalized spacial score (nSPS) is 24.5. The Morgan fingerprint density at radius 3 is 2.45 bits per heavy atom. The molecule has 1 aliphatic heterocycles. The topological polar surface area (TPSA) is 85.3 Å². The molecule has 1 saturated carbocycles. The zero-order valence-electron chi connectivity index (χ0n) is 20.8. The number of methoxy groups -OCH3 is 1. The fourth-order valence-corrected chi connectivity index (χ4v) is 4.64. The lowest BCUT2D eigenvalue weighted by Crippen LogP contribution is -2.43. The summed E-state index contributed by atoms with van der Waals surface area (Å²) < 4.78 is 16.9. The lowest BCUT2D eigenvalue weighted by Gasteiger charge is -2.34. The molecule has 184 valence electrons. The summed E-state index contributed by atoms with van der Waals surface area (Å²) in [7, 11) is 1.62. The number of benzene rings is 1. The van der Waals surface area contributed by atoms with E-state index in [1.165, 1.54) is 19.8 Å². The minimum atomic E-state index is -0.812. The van der Waals surface area contributed by atoms with Crippen LogP contribution in [0, 0.1) is 17.3 Å². The first-order valence-electron chi connectivity index (χ1n) is 12.0. The summed E-state index contributed by atoms with van der Waals surface area (Å²) in [5, 5.41) is 10.7. The second-order valence-electron chi connectivity index (χ2n) is 10.3. The third kappa shape index (κ3) is 5.99. The number of nitrogens with zero attached hydrogens (tertiary/aromatic N) is 1. The molecule has 7 heteroatoms. The van der Waals surface area contributed by atoms with Crippen molar-refractivity contribution in [2.45, 2.75) is 72.0 Å². The fourth-order valence-electron chi connectivity index (χ4n) is 4.64. The van der Waals surface area contributed by atoms with Gasteiger partial charge in [0.15, 0.2) is 17.6 Å². The molecular formula is C26H39NO6. The van der Waals surface area contributed by atoms with Crippen molar-refractivity contribution in [2.75, 3.05) is 26.8 Å². The summed E-state index contributed by atoms with van der Waals surface area (Å²) in [6, 6.07) is 5.86. The molecule has 2 aliphatic rings. The average molecular weight is 462 g/mol. The van der Waals surface area contributed by atoms with Crippen LogP contribution in [-0.2, 0) is 14.3 Å². The zero-order valence-corrected chi connectivity index (χ0v) is 20.8. The SMILES string of the molecule is COc1ccc([C@@H]2CN(C(=O)C(CC(C)C)OC(C)=O)C[C@@]2(C)[C@@H](C)O)cc1OCC1CC1. The number of aliphatic hydroxyl groups excluding tert-OH is 1. The summed E-state index contributed by atoms with van der Waals surface area (Å²) in [4.78, 5) is 26.7. The van der Waals surface area contributed by atoms with Gasteiger partial charge in [0.1, 0.15) is 0 Å². The van der Waals surface area contributed by atoms with Crippen LogP contribution in [-0.4, -0.2) is 60.9 Å². The Balaban J connectivity index is 1.87. The number of aliphatic hydroxyl groups is 1. The minimum absolute atomic E-state index is 0.104. The van der Waals surface area contributed by atoms with Gasteiger partial charge in [0.2, 0.25) is 0 Å². The number of likely N-dealkylation sites (tertiary alicyclic amines) is 1. The Hall–Kier alpha value is -2.28. The number of hydrogen-bond donors (Lipinski definition) is 1. The molecule has 1 aromatic carbocycles. The van der Waals surface area contributed by atoms with Gasteiger partial charge in [0.25, 0.3) is 5.91 Å². The number of amides is 1. The Labute approximate surface area is 197 Å². The highest BCUT2D eigenvalue weighted by atomic mass is 16.5. The van der Waals surface area contributed by atoms with Crippen LogP contribution in [0.1, 0.15) is 65.4 Å². The molecular weight excluding hydrogens is 422 g/mol. The molecule has 1 aromatic rings. The predicted molar refractivity (Wildman–Crippen MR) is 125 cm³/mol. The first-order chi connectivity index (χ1) is 15.5. The van der Waals surface area contributed by atoms with Crippen LogP contribution in [0.3, 0.4) is 0 Å². The van der Waals surface area contributed by atoms with Crippen molar-refractivity contribution >= 4 is 11.9 Å². The van der Waals surface area contributed by atoms with E-state index in [-0.39, 0.29) is 17.7 Å². The maximum Gasteiger partial charge on any atom is 0.303 e. The standard InChI is InChI=1S/C26H39NO6/c1-16(2)11-24(33-18(4)29)25(30)27-13-21(26(5,15-27)17(3)28)20-9-10-22(31-6)23(12-20)32-14-19-7-8-19/h9-10,12,16-17,19,21,24,28H,7-8,11,13-15H2,1-6H3/t17-,21+,24?,26+/m1/s1. The van der Waals surface area contributed by atoms with Crippen molar-refractivity contribution < 1.29 is 28.9 Å². The molecule has 1 amide bonds. The summed E-state index contributed by atoms with van der Waals surface area (Å²) in [6.07, 6.45) is 1.40. The molecule has 1 heterocycles. The number of carbonyl (C=O) groups excluding carboxylic acids is 2. The molecule has 0 radical (unpaired) electrons. The number of ether oxygens (including phenoxy) is 3. The van der Waals surface area contributed by atoms with E-state index in [0.29, 0.717) is 43.5 Å². The predicted octanol–water partition coefficient (Wildman–Crippen LogP) is 3.77. The third-order valence-corrected chi connectivity index (χ3v) is 7.03. The van der Waals surface area contributed by atoms with Gasteiger partial charge in [-0.1, -0.05) is 26.8 Å². The van der Waals surface area contributed by atoms with Crippen molar-refractivity contribution in [3.05, 3.63) is 23.8 Å². The van der Waals surface area contributed by atoms with Gasteiger partial charge < -0.3 is 24.2 Å². The van der Waals surface area contributed by atoms with Crippen LogP contribution in [0.15, 0.2) is 18.2 Å². The number of hydrogen-bond acceptors (Lipinski definition) is 6. The number of esters is 1. The zero-order chi connectivity index (χ0) is 24.3. The van der Waals surface area contributed by atoms with E-state index in [9.17, 15) is 14.7 Å². The van der Waals surface area contributed by atoms with E-state index >= 15 is 0 Å². The van der Waals surface area contributed by atoms with Gasteiger partial charge in [-0.25, -0.2) is 0 Å². The van der Waals surface area contributed by atoms with Gasteiger partial charge in [0, 0.05) is 31.3 Å². The molecule has 0 spiro atoms. The van der Waals surface area contributed by atoms with Crippen LogP contribution >= 0.6 is 0 Å². The second-order valence-corrected chi connectivity index (χ2v) is 10.3. The summed E-state index contributed by atoms with van der Waals surface area (Å²) >= 11 is 0. The van der Waals surface area contributed by atoms with Gasteiger partial charge >= 0.3 is 5.97 Å². The summed E-state index contributed by atoms with van der Waals surface area (Å²) in [6.45, 7) is 10.6. The van der Waals surface area contributed by atoms with E-state index in [1.54, 1.807) is 18.9 Å². The van der Waals surface area contributed by atoms with Crippen molar-refractivity contribution in [2.24, 2.45) is 17.3 Å². The van der Waals surface area contributed by atoms with Gasteiger partial charge in [-0.15, -0.1) is 0 Å². The molecule has 0 bridgehead atoms. The molecule has 7 nitrogen and oxygen atoms in total. The van der Waals surface area contributed by atoms with E-state index in [4.69, 9.17) is 14.2 Å². The van der Waals surface area contributed by atoms with Gasteiger partial charge in [-0.2, -0.15) is 0 Å². The Morgan fingerprint density at radius 1 is 1.21 bits per heavy atom. The monoisotopic (exact) mass is 461 g/mol. The van der Waals surface area contributed by atoms with E-state index in [2.05, 4.69) is 0 Å². The van der Waals surface area contributed by atoms with Crippen molar-refractivity contribution in [1.82, 2.24) is 4.90 Å². The molecule has 3 rings (SSSR count). The second kappa shape index (κ2) is 10.3. The Morgan fingerprint density at radius 2 is 1.91 bits per heavy atom. The van der Waals surface area contributed by atoms with Crippen LogP contribution < -0.4 is 9.47 Å². The Bertz CT molecular complexity index is 849. The molecule has 1 aliphatic carbocycles. The van der Waals surface area contributed by atoms with Gasteiger partial charge in [0.05, 0.1) is 19.8 Å². The lowest BCUT2D eigenvalue weighted by atomic mass is 9.72. The molecule has 1 unspecified atom stereocenters. The molecule has 33 heavy (non-hydrogen) atoms. The minimum Gasteiger partial charge on any atom is -0.493 e. The highest BCUT2D eigenvalue weighted by Crippen LogP contribution is 2.47. The van der Waals surface area contributed by atoms with Crippen molar-refractivity contribution in [3.8, 4) is 11.5 Å². The molecule has 4 atom stereocenters. The van der Waals surface area contributed by atoms with E-state index in [1.807, 2.05) is 39.0 Å². The van der Waals surface area contributed by atoms with Gasteiger partial charge in [-0.3, -0.25) is 9.59 Å². The van der Waals surface area contributed by atoms with Crippen LogP contribution in [0.25, 0.3) is 0 Å². The maximum absolute atomic E-state index is 13.4. The van der Waals surface area contributed by atoms with Crippen LogP contribution in [0.2, 0.25) is 0 Å². The first-order valence-corrected chi connectivity index (χ1v) is 12.0. The largest absolute Gasteiger partial charge is 0.493 e. The van der Waals surface area contributed by atoms with Crippen LogP contribution in [0.5, 0.6) is 11.5 Å². The third-order valence-electron chi connectivity index (χ3n) is 7.03. The number of rotatable bonds is 10. The van der Waals surface area contributed by atoms with E-state index in [0.717, 1.165) is 5.56 Å². The smallest absolute Gasteiger partial charge is 0.303 e. The highest BCUT2D eigenvalue weighted by Gasteiger charge is 2.49. The molecule has 1 N–H and O–H groups in total.